The molecule has 8 aromatic carbocycles. The molecule has 0 aromatic heterocycles. The molecule has 2 aliphatic carbocycles. The Balaban J connectivity index is 0.000000302. The largest absolute Gasteiger partial charge is 0.129 e. The Kier molecular flexibility index (Phi) is 27.3. The van der Waals surface area contributed by atoms with Gasteiger partial charge in [0, 0.05) is 0 Å². The van der Waals surface area contributed by atoms with Crippen molar-refractivity contribution < 1.29 is 0 Å². The molecule has 0 amide bonds. The van der Waals surface area contributed by atoms with Gasteiger partial charge >= 0.3 is 0 Å². The van der Waals surface area contributed by atoms with Crippen molar-refractivity contribution in [1.29, 1.82) is 0 Å². The molecule has 74 heavy (non-hydrogen) atoms. The van der Waals surface area contributed by atoms with Gasteiger partial charge in [-0.15, -0.1) is 5.73 Å². The standard InChI is InChI=1S/C31H26.C26H22.C7H8.5C2H6/c1-4-5-6-14-28-22-26(19-20-31(28)30-18-10-8-13-24(30)3)25-15-11-16-27(21-25)29-17-9-7-12-23(29)2;1-19-16-17-23-22-14-8-9-15-24(22)26(25(23)18-19,20-10-4-2-5-11-20)21-12-6-3-7-13-21;1-7-5-3-2-4-6-7;5*1-2/h5-22H,1H2,2-3H3;2-8,10-14,16-18H,9,15H2,1H3;2-6H,1H3;5*1-2H3/b14-6-;;;;;;;. The molecule has 0 saturated carbocycles. The fourth-order valence-electron chi connectivity index (χ4n) is 9.39. The van der Waals surface area contributed by atoms with E-state index in [0.717, 1.165) is 12.8 Å². The van der Waals surface area contributed by atoms with Crippen molar-refractivity contribution in [2.75, 3.05) is 0 Å². The van der Waals surface area contributed by atoms with Crippen LogP contribution in [0.2, 0.25) is 0 Å². The van der Waals surface area contributed by atoms with E-state index in [1.165, 1.54) is 89.0 Å². The Morgan fingerprint density at radius 3 is 1.47 bits per heavy atom. The van der Waals surface area contributed by atoms with E-state index in [4.69, 9.17) is 0 Å². The molecular formula is C74H86. The van der Waals surface area contributed by atoms with Crippen molar-refractivity contribution in [3.63, 3.8) is 0 Å². The molecule has 0 radical (unpaired) electrons. The zero-order valence-electron chi connectivity index (χ0n) is 47.6. The highest BCUT2D eigenvalue weighted by molar-refractivity contribution is 5.91. The van der Waals surface area contributed by atoms with Crippen LogP contribution < -0.4 is 0 Å². The molecular weight excluding hydrogens is 889 g/mol. The third-order valence-corrected chi connectivity index (χ3v) is 12.5. The molecule has 0 unspecified atom stereocenters. The van der Waals surface area contributed by atoms with Crippen LogP contribution in [0.15, 0.2) is 242 Å². The zero-order chi connectivity index (χ0) is 54.3. The second-order valence-electron chi connectivity index (χ2n) is 16.8. The lowest BCUT2D eigenvalue weighted by Gasteiger charge is -2.36. The van der Waals surface area contributed by atoms with Gasteiger partial charge < -0.3 is 0 Å². The number of hydrogen-bond acceptors (Lipinski definition) is 0. The van der Waals surface area contributed by atoms with Gasteiger partial charge in [-0.3, -0.25) is 0 Å². The van der Waals surface area contributed by atoms with Gasteiger partial charge in [0.1, 0.15) is 0 Å². The second kappa shape index (κ2) is 33.3. The average molecular weight is 976 g/mol. The van der Waals surface area contributed by atoms with E-state index >= 15 is 0 Å². The maximum Gasteiger partial charge on any atom is 0.0676 e. The molecule has 0 aliphatic heterocycles. The molecule has 0 saturated heterocycles. The summed E-state index contributed by atoms with van der Waals surface area (Å²) >= 11 is 0. The average Bonchev–Trinajstić information content (AvgIpc) is 3.77. The van der Waals surface area contributed by atoms with Crippen molar-refractivity contribution in [2.24, 2.45) is 0 Å². The van der Waals surface area contributed by atoms with Gasteiger partial charge in [0.25, 0.3) is 0 Å². The predicted octanol–water partition coefficient (Wildman–Crippen LogP) is 22.2. The number of benzene rings is 8. The summed E-state index contributed by atoms with van der Waals surface area (Å²) < 4.78 is 0. The molecule has 0 N–H and O–H groups in total. The molecule has 0 fully saturated rings. The van der Waals surface area contributed by atoms with Crippen molar-refractivity contribution in [2.45, 2.75) is 115 Å². The van der Waals surface area contributed by atoms with Crippen molar-refractivity contribution in [3.8, 4) is 33.4 Å². The minimum atomic E-state index is -0.177. The second-order valence-corrected chi connectivity index (χ2v) is 16.8. The number of aryl methyl sites for hydroxylation is 4. The van der Waals surface area contributed by atoms with Gasteiger partial charge in [-0.05, 0) is 142 Å². The van der Waals surface area contributed by atoms with Gasteiger partial charge in [0.2, 0.25) is 0 Å². The molecule has 8 aromatic rings. The lowest BCUT2D eigenvalue weighted by molar-refractivity contribution is 0.696. The number of fused-ring (bicyclic) bond motifs is 2. The van der Waals surface area contributed by atoms with Gasteiger partial charge in [-0.25, -0.2) is 0 Å². The summed E-state index contributed by atoms with van der Waals surface area (Å²) in [6.07, 6.45) is 12.9. The van der Waals surface area contributed by atoms with Crippen LogP contribution in [0.1, 0.15) is 132 Å². The Labute approximate surface area is 450 Å². The summed E-state index contributed by atoms with van der Waals surface area (Å²) in [5, 5.41) is 0. The quantitative estimate of drug-likeness (QED) is 0.110. The van der Waals surface area contributed by atoms with Crippen LogP contribution in [0.25, 0.3) is 45.0 Å². The van der Waals surface area contributed by atoms with Crippen molar-refractivity contribution in [3.05, 3.63) is 292 Å². The van der Waals surface area contributed by atoms with Gasteiger partial charge in [0.15, 0.2) is 0 Å². The molecule has 2 aliphatic rings. The molecule has 0 heterocycles. The number of hydrogen-bond donors (Lipinski definition) is 0. The monoisotopic (exact) mass is 975 g/mol. The lowest BCUT2D eigenvalue weighted by Crippen LogP contribution is -2.30. The van der Waals surface area contributed by atoms with E-state index in [1.54, 1.807) is 5.57 Å². The van der Waals surface area contributed by atoms with E-state index in [0.29, 0.717) is 0 Å². The summed E-state index contributed by atoms with van der Waals surface area (Å²) in [6, 6.07) is 71.9. The van der Waals surface area contributed by atoms with E-state index in [-0.39, 0.29) is 5.41 Å². The minimum absolute atomic E-state index is 0.177. The van der Waals surface area contributed by atoms with Gasteiger partial charge in [-0.1, -0.05) is 299 Å². The summed E-state index contributed by atoms with van der Waals surface area (Å²) in [7, 11) is 0. The third kappa shape index (κ3) is 15.3. The minimum Gasteiger partial charge on any atom is -0.129 e. The SMILES string of the molecule is C=C=C/C=C\c1cc(-c2cccc(-c3ccccc3C)c2)ccc1-c1ccccc1C.CC.CC.CC.CC.CC.Cc1ccc2c(c1)C(c1ccccc1)(c1ccccc1)C1=C2C=CCC1.Cc1ccccc1. The zero-order valence-corrected chi connectivity index (χ0v) is 47.6. The molecule has 0 heteroatoms. The van der Waals surface area contributed by atoms with Crippen molar-refractivity contribution >= 4 is 11.6 Å². The Hall–Kier alpha value is -7.50. The molecule has 10 rings (SSSR count). The molecule has 0 spiro atoms. The van der Waals surface area contributed by atoms with E-state index in [2.05, 4.69) is 240 Å². The third-order valence-electron chi connectivity index (χ3n) is 12.5. The van der Waals surface area contributed by atoms with Gasteiger partial charge in [0.05, 0.1) is 5.41 Å². The van der Waals surface area contributed by atoms with Crippen LogP contribution in [0.5, 0.6) is 0 Å². The maximum atomic E-state index is 3.67. The summed E-state index contributed by atoms with van der Waals surface area (Å²) in [4.78, 5) is 0. The number of allylic oxidation sites excluding steroid dienone is 6. The highest BCUT2D eigenvalue weighted by Gasteiger charge is 2.47. The van der Waals surface area contributed by atoms with Crippen LogP contribution in [-0.2, 0) is 5.41 Å². The summed E-state index contributed by atoms with van der Waals surface area (Å²) in [5.74, 6) is 0. The van der Waals surface area contributed by atoms with Gasteiger partial charge in [-0.2, -0.15) is 0 Å². The first-order chi connectivity index (χ1) is 36.4. The highest BCUT2D eigenvalue weighted by Crippen LogP contribution is 2.57. The van der Waals surface area contributed by atoms with E-state index < -0.39 is 0 Å². The van der Waals surface area contributed by atoms with Crippen LogP contribution in [-0.4, -0.2) is 0 Å². The van der Waals surface area contributed by atoms with Crippen molar-refractivity contribution in [1.82, 2.24) is 0 Å². The first-order valence-electron chi connectivity index (χ1n) is 27.4. The van der Waals surface area contributed by atoms with Crippen LogP contribution in [0.3, 0.4) is 0 Å². The van der Waals surface area contributed by atoms with Crippen LogP contribution in [0, 0.1) is 27.7 Å². The summed E-state index contributed by atoms with van der Waals surface area (Å²) in [5.41, 5.74) is 25.0. The summed E-state index contributed by atoms with van der Waals surface area (Å²) in [6.45, 7) is 32.3. The lowest BCUT2D eigenvalue weighted by atomic mass is 9.65. The Bertz CT molecular complexity index is 2970. The first-order valence-corrected chi connectivity index (χ1v) is 27.4. The normalized spacial score (nSPS) is 11.8. The van der Waals surface area contributed by atoms with Crippen LogP contribution >= 0.6 is 0 Å². The number of rotatable bonds is 7. The van der Waals surface area contributed by atoms with E-state index in [9.17, 15) is 0 Å². The fraction of sp³-hybridized carbons (Fsp3) is 0.230. The Morgan fingerprint density at radius 2 is 0.932 bits per heavy atom. The van der Waals surface area contributed by atoms with Crippen LogP contribution in [0.4, 0.5) is 0 Å². The molecule has 0 atom stereocenters. The topological polar surface area (TPSA) is 0 Å². The predicted molar refractivity (Wildman–Crippen MR) is 332 cm³/mol. The molecule has 382 valence electrons. The first kappa shape index (κ1) is 60.8. The Morgan fingerprint density at radius 1 is 0.432 bits per heavy atom. The smallest absolute Gasteiger partial charge is 0.0676 e. The highest BCUT2D eigenvalue weighted by atomic mass is 14.5. The fourth-order valence-corrected chi connectivity index (χ4v) is 9.39. The maximum absolute atomic E-state index is 3.67. The van der Waals surface area contributed by atoms with E-state index in [1.807, 2.05) is 99.6 Å². The molecule has 0 nitrogen and oxygen atoms in total. The molecule has 0 bridgehead atoms.